The maximum Gasteiger partial charge on any atom is 0.235 e. The van der Waals surface area contributed by atoms with Gasteiger partial charge in [0.05, 0.1) is 22.0 Å². The molecule has 2 heterocycles. The van der Waals surface area contributed by atoms with E-state index in [2.05, 4.69) is 6.07 Å². The molecule has 1 atom stereocenters. The molecule has 0 saturated carbocycles. The number of amides is 1. The van der Waals surface area contributed by atoms with Gasteiger partial charge >= 0.3 is 0 Å². The predicted octanol–water partition coefficient (Wildman–Crippen LogP) is 2.28. The zero-order chi connectivity index (χ0) is 14.8. The Balaban J connectivity index is 1.67. The first-order chi connectivity index (χ1) is 10.1. The van der Waals surface area contributed by atoms with Gasteiger partial charge in [-0.2, -0.15) is 0 Å². The summed E-state index contributed by atoms with van der Waals surface area (Å²) in [6.45, 7) is 3.06. The molecule has 2 aromatic rings. The normalized spacial score (nSPS) is 15.6. The molecule has 5 heteroatoms. The number of nitrogens with zero attached hydrogens (tertiary/aromatic N) is 1. The third-order valence-electron chi connectivity index (χ3n) is 3.79. The van der Waals surface area contributed by atoms with Gasteiger partial charge in [-0.05, 0) is 30.5 Å². The summed E-state index contributed by atoms with van der Waals surface area (Å²) in [5, 5.41) is 0. The summed E-state index contributed by atoms with van der Waals surface area (Å²) in [6, 6.07) is 9.83. The molecule has 0 bridgehead atoms. The standard InChI is InChI=1S/C16H17NO3S/c1-12-15(7-9-20-12)21(19)11-16(18)17-8-6-13-4-2-3-5-14(13)10-17/h2-5,7,9H,6,8,10-11H2,1H3/t21-/m1/s1. The smallest absolute Gasteiger partial charge is 0.235 e. The van der Waals surface area contributed by atoms with E-state index < -0.39 is 10.8 Å². The molecule has 0 spiro atoms. The van der Waals surface area contributed by atoms with E-state index in [1.807, 2.05) is 18.2 Å². The third kappa shape index (κ3) is 2.93. The van der Waals surface area contributed by atoms with Crippen LogP contribution >= 0.6 is 0 Å². The van der Waals surface area contributed by atoms with E-state index in [0.29, 0.717) is 23.7 Å². The van der Waals surface area contributed by atoms with Gasteiger partial charge in [0.15, 0.2) is 0 Å². The molecule has 1 aromatic heterocycles. The van der Waals surface area contributed by atoms with Crippen molar-refractivity contribution < 1.29 is 13.4 Å². The number of aryl methyl sites for hydroxylation is 1. The molecule has 4 nitrogen and oxygen atoms in total. The summed E-state index contributed by atoms with van der Waals surface area (Å²) >= 11 is 0. The van der Waals surface area contributed by atoms with Gasteiger partial charge in [0, 0.05) is 13.1 Å². The molecule has 0 unspecified atom stereocenters. The van der Waals surface area contributed by atoms with E-state index >= 15 is 0 Å². The van der Waals surface area contributed by atoms with Crippen LogP contribution in [0.3, 0.4) is 0 Å². The molecule has 1 amide bonds. The van der Waals surface area contributed by atoms with E-state index in [4.69, 9.17) is 4.42 Å². The van der Waals surface area contributed by atoms with Gasteiger partial charge in [-0.15, -0.1) is 0 Å². The van der Waals surface area contributed by atoms with Crippen molar-refractivity contribution >= 4 is 16.7 Å². The molecule has 0 N–H and O–H groups in total. The number of hydrogen-bond donors (Lipinski definition) is 0. The Morgan fingerprint density at radius 3 is 2.76 bits per heavy atom. The van der Waals surface area contributed by atoms with Crippen LogP contribution in [-0.2, 0) is 28.6 Å². The van der Waals surface area contributed by atoms with Crippen molar-refractivity contribution in [3.8, 4) is 0 Å². The Bertz CT molecular complexity index is 692. The number of furan rings is 1. The second-order valence-electron chi connectivity index (χ2n) is 5.16. The highest BCUT2D eigenvalue weighted by Crippen LogP contribution is 2.20. The van der Waals surface area contributed by atoms with Crippen molar-refractivity contribution in [1.29, 1.82) is 0 Å². The number of hydrogen-bond acceptors (Lipinski definition) is 3. The molecule has 0 fully saturated rings. The second kappa shape index (κ2) is 5.85. The van der Waals surface area contributed by atoms with E-state index in [9.17, 15) is 9.00 Å². The minimum Gasteiger partial charge on any atom is -0.468 e. The Morgan fingerprint density at radius 1 is 1.29 bits per heavy atom. The average Bonchev–Trinajstić information content (AvgIpc) is 2.93. The summed E-state index contributed by atoms with van der Waals surface area (Å²) in [5.41, 5.74) is 2.48. The van der Waals surface area contributed by atoms with Crippen LogP contribution < -0.4 is 0 Å². The van der Waals surface area contributed by atoms with E-state index in [0.717, 1.165) is 6.42 Å². The van der Waals surface area contributed by atoms with Crippen LogP contribution in [0.4, 0.5) is 0 Å². The summed E-state index contributed by atoms with van der Waals surface area (Å²) in [7, 11) is -1.34. The van der Waals surface area contributed by atoms with Crippen LogP contribution in [-0.4, -0.2) is 27.3 Å². The lowest BCUT2D eigenvalue weighted by molar-refractivity contribution is -0.129. The first kappa shape index (κ1) is 14.1. The van der Waals surface area contributed by atoms with Gasteiger partial charge in [-0.3, -0.25) is 9.00 Å². The van der Waals surface area contributed by atoms with Crippen LogP contribution in [0.5, 0.6) is 0 Å². The molecule has 1 aromatic carbocycles. The molecule has 0 aliphatic carbocycles. The van der Waals surface area contributed by atoms with Gasteiger partial charge in [-0.1, -0.05) is 24.3 Å². The predicted molar refractivity (Wildman–Crippen MR) is 80.3 cm³/mol. The molecule has 0 radical (unpaired) electrons. The van der Waals surface area contributed by atoms with Crippen LogP contribution in [0, 0.1) is 6.92 Å². The lowest BCUT2D eigenvalue weighted by Gasteiger charge is -2.28. The zero-order valence-corrected chi connectivity index (χ0v) is 12.7. The third-order valence-corrected chi connectivity index (χ3v) is 5.22. The summed E-state index contributed by atoms with van der Waals surface area (Å²) < 4.78 is 17.4. The first-order valence-corrected chi connectivity index (χ1v) is 8.24. The minimum atomic E-state index is -1.34. The SMILES string of the molecule is Cc1occc1[S@](=O)CC(=O)N1CCc2ccccc2C1. The minimum absolute atomic E-state index is 0.0164. The summed E-state index contributed by atoms with van der Waals surface area (Å²) in [5.74, 6) is 0.566. The van der Waals surface area contributed by atoms with E-state index in [1.54, 1.807) is 17.9 Å². The van der Waals surface area contributed by atoms with Gasteiger partial charge in [0.2, 0.25) is 5.91 Å². The molecular formula is C16H17NO3S. The van der Waals surface area contributed by atoms with Gasteiger partial charge in [0.25, 0.3) is 0 Å². The van der Waals surface area contributed by atoms with Crippen molar-refractivity contribution in [3.05, 3.63) is 53.5 Å². The lowest BCUT2D eigenvalue weighted by atomic mass is 10.00. The highest BCUT2D eigenvalue weighted by Gasteiger charge is 2.23. The second-order valence-corrected chi connectivity index (χ2v) is 6.58. The maximum absolute atomic E-state index is 12.3. The number of carbonyl (C=O) groups excluding carboxylic acids is 1. The topological polar surface area (TPSA) is 50.5 Å². The monoisotopic (exact) mass is 303 g/mol. The summed E-state index contributed by atoms with van der Waals surface area (Å²) in [4.78, 5) is 14.7. The van der Waals surface area contributed by atoms with E-state index in [1.165, 1.54) is 17.4 Å². The van der Waals surface area contributed by atoms with Crippen LogP contribution in [0.15, 0.2) is 45.9 Å². The molecule has 1 aliphatic heterocycles. The fourth-order valence-corrected chi connectivity index (χ4v) is 3.74. The van der Waals surface area contributed by atoms with Crippen molar-refractivity contribution in [2.75, 3.05) is 12.3 Å². The number of benzene rings is 1. The maximum atomic E-state index is 12.3. The molecule has 21 heavy (non-hydrogen) atoms. The average molecular weight is 303 g/mol. The summed E-state index contributed by atoms with van der Waals surface area (Å²) in [6.07, 6.45) is 2.36. The van der Waals surface area contributed by atoms with Crippen LogP contribution in [0.1, 0.15) is 16.9 Å². The van der Waals surface area contributed by atoms with Crippen molar-refractivity contribution in [2.24, 2.45) is 0 Å². The van der Waals surface area contributed by atoms with Gasteiger partial charge in [0.1, 0.15) is 11.5 Å². The molecule has 0 saturated heterocycles. The fraction of sp³-hybridized carbons (Fsp3) is 0.312. The number of fused-ring (bicyclic) bond motifs is 1. The Labute approximate surface area is 126 Å². The van der Waals surface area contributed by atoms with Crippen molar-refractivity contribution in [3.63, 3.8) is 0 Å². The van der Waals surface area contributed by atoms with Crippen LogP contribution in [0.2, 0.25) is 0 Å². The Kier molecular flexibility index (Phi) is 3.92. The van der Waals surface area contributed by atoms with Crippen LogP contribution in [0.25, 0.3) is 0 Å². The Hall–Kier alpha value is -1.88. The molecule has 3 rings (SSSR count). The van der Waals surface area contributed by atoms with Crippen molar-refractivity contribution in [1.82, 2.24) is 4.90 Å². The molecular weight excluding hydrogens is 286 g/mol. The highest BCUT2D eigenvalue weighted by molar-refractivity contribution is 7.85. The number of carbonyl (C=O) groups is 1. The van der Waals surface area contributed by atoms with Gasteiger partial charge < -0.3 is 9.32 Å². The Morgan fingerprint density at radius 2 is 2.05 bits per heavy atom. The van der Waals surface area contributed by atoms with Crippen molar-refractivity contribution in [2.45, 2.75) is 24.8 Å². The van der Waals surface area contributed by atoms with E-state index in [-0.39, 0.29) is 11.7 Å². The van der Waals surface area contributed by atoms with Gasteiger partial charge in [-0.25, -0.2) is 0 Å². The largest absolute Gasteiger partial charge is 0.468 e. The zero-order valence-electron chi connectivity index (χ0n) is 11.9. The lowest BCUT2D eigenvalue weighted by Crippen LogP contribution is -2.38. The first-order valence-electron chi connectivity index (χ1n) is 6.92. The quantitative estimate of drug-likeness (QED) is 0.874. The molecule has 1 aliphatic rings. The fourth-order valence-electron chi connectivity index (χ4n) is 2.60. The molecule has 110 valence electrons. The number of rotatable bonds is 3. The highest BCUT2D eigenvalue weighted by atomic mass is 32.2.